The Balaban J connectivity index is 2.75. The molecular weight excluding hydrogens is 240 g/mol. The smallest absolute Gasteiger partial charge is 0.251 e. The first kappa shape index (κ1) is 15.5. The lowest BCUT2D eigenvalue weighted by atomic mass is 10.0. The van der Waals surface area contributed by atoms with Crippen LogP contribution in [0.3, 0.4) is 0 Å². The first-order valence-electron chi connectivity index (χ1n) is 6.69. The highest BCUT2D eigenvalue weighted by molar-refractivity contribution is 5.95. The Hall–Kier alpha value is -1.55. The lowest BCUT2D eigenvalue weighted by Gasteiger charge is -2.22. The summed E-state index contributed by atoms with van der Waals surface area (Å²) in [5.41, 5.74) is 7.95. The Labute approximate surface area is 115 Å². The molecule has 4 heteroatoms. The van der Waals surface area contributed by atoms with Crippen LogP contribution in [0.15, 0.2) is 18.2 Å². The molecule has 0 radical (unpaired) electrons. The minimum absolute atomic E-state index is 0.00851. The van der Waals surface area contributed by atoms with E-state index in [0.717, 1.165) is 5.56 Å². The molecule has 1 unspecified atom stereocenters. The molecule has 1 aromatic carbocycles. The van der Waals surface area contributed by atoms with Crippen LogP contribution in [-0.4, -0.2) is 25.2 Å². The molecule has 0 aliphatic rings. The molecule has 0 saturated carbocycles. The van der Waals surface area contributed by atoms with E-state index >= 15 is 0 Å². The topological polar surface area (TPSA) is 64.3 Å². The van der Waals surface area contributed by atoms with E-state index in [-0.39, 0.29) is 11.9 Å². The summed E-state index contributed by atoms with van der Waals surface area (Å²) in [6.07, 6.45) is 0. The van der Waals surface area contributed by atoms with Gasteiger partial charge in [-0.1, -0.05) is 13.8 Å². The number of nitrogens with two attached hydrogens (primary N) is 1. The van der Waals surface area contributed by atoms with Gasteiger partial charge >= 0.3 is 0 Å². The van der Waals surface area contributed by atoms with Crippen LogP contribution >= 0.6 is 0 Å². The molecule has 0 aliphatic carbocycles. The average Bonchev–Trinajstić information content (AvgIpc) is 2.32. The first-order chi connectivity index (χ1) is 8.93. The zero-order valence-corrected chi connectivity index (χ0v) is 12.2. The molecule has 1 amide bonds. The molecule has 3 N–H and O–H groups in total. The number of hydrogen-bond acceptors (Lipinski definition) is 3. The highest BCUT2D eigenvalue weighted by Gasteiger charge is 2.17. The second kappa shape index (κ2) is 7.14. The van der Waals surface area contributed by atoms with E-state index in [1.54, 1.807) is 6.07 Å². The number of carbonyl (C=O) groups is 1. The van der Waals surface area contributed by atoms with Crippen molar-refractivity contribution in [2.45, 2.75) is 33.7 Å². The van der Waals surface area contributed by atoms with Crippen LogP contribution in [0.1, 0.15) is 36.7 Å². The van der Waals surface area contributed by atoms with Crippen molar-refractivity contribution in [3.05, 3.63) is 29.3 Å². The van der Waals surface area contributed by atoms with Crippen molar-refractivity contribution in [3.8, 4) is 0 Å². The van der Waals surface area contributed by atoms with Crippen molar-refractivity contribution < 1.29 is 9.53 Å². The van der Waals surface area contributed by atoms with E-state index < -0.39 is 0 Å². The molecule has 0 spiro atoms. The summed E-state index contributed by atoms with van der Waals surface area (Å²) in [6.45, 7) is 9.18. The maximum Gasteiger partial charge on any atom is 0.251 e. The van der Waals surface area contributed by atoms with Crippen molar-refractivity contribution in [3.63, 3.8) is 0 Å². The molecule has 0 bridgehead atoms. The highest BCUT2D eigenvalue weighted by atomic mass is 16.5. The monoisotopic (exact) mass is 264 g/mol. The number of nitrogens with one attached hydrogen (secondary N) is 1. The lowest BCUT2D eigenvalue weighted by Crippen LogP contribution is -2.41. The predicted molar refractivity (Wildman–Crippen MR) is 78.2 cm³/mol. The van der Waals surface area contributed by atoms with Crippen LogP contribution in [0.25, 0.3) is 0 Å². The summed E-state index contributed by atoms with van der Waals surface area (Å²) in [7, 11) is 0. The van der Waals surface area contributed by atoms with Crippen LogP contribution in [0.4, 0.5) is 5.69 Å². The summed E-state index contributed by atoms with van der Waals surface area (Å²) < 4.78 is 5.40. The van der Waals surface area contributed by atoms with Crippen LogP contribution in [-0.2, 0) is 4.74 Å². The Bertz CT molecular complexity index is 410. The largest absolute Gasteiger partial charge is 0.399 e. The van der Waals surface area contributed by atoms with Crippen molar-refractivity contribution in [1.29, 1.82) is 0 Å². The third-order valence-corrected chi connectivity index (χ3v) is 2.98. The van der Waals surface area contributed by atoms with Gasteiger partial charge in [0, 0.05) is 17.9 Å². The molecule has 1 aromatic rings. The van der Waals surface area contributed by atoms with Crippen molar-refractivity contribution >= 4 is 11.6 Å². The van der Waals surface area contributed by atoms with Crippen molar-refractivity contribution in [2.24, 2.45) is 5.92 Å². The number of hydrogen-bond donors (Lipinski definition) is 2. The Kier molecular flexibility index (Phi) is 5.83. The molecule has 0 heterocycles. The number of ether oxygens (including phenoxy) is 1. The fourth-order valence-electron chi connectivity index (χ4n) is 1.84. The van der Waals surface area contributed by atoms with Gasteiger partial charge in [0.05, 0.1) is 12.6 Å². The molecule has 0 saturated heterocycles. The maximum atomic E-state index is 12.2. The number of carbonyl (C=O) groups excluding carboxylic acids is 1. The molecule has 1 rings (SSSR count). The zero-order chi connectivity index (χ0) is 14.4. The van der Waals surface area contributed by atoms with Gasteiger partial charge in [-0.3, -0.25) is 4.79 Å². The van der Waals surface area contributed by atoms with Gasteiger partial charge < -0.3 is 15.8 Å². The van der Waals surface area contributed by atoms with E-state index in [0.29, 0.717) is 30.4 Å². The van der Waals surface area contributed by atoms with Gasteiger partial charge in [-0.2, -0.15) is 0 Å². The first-order valence-corrected chi connectivity index (χ1v) is 6.69. The Morgan fingerprint density at radius 3 is 2.58 bits per heavy atom. The summed E-state index contributed by atoms with van der Waals surface area (Å²) in [6, 6.07) is 5.38. The number of nitrogen functional groups attached to an aromatic ring is 1. The quantitative estimate of drug-likeness (QED) is 0.775. The Morgan fingerprint density at radius 1 is 1.37 bits per heavy atom. The van der Waals surface area contributed by atoms with Gasteiger partial charge in [-0.25, -0.2) is 0 Å². The second-order valence-electron chi connectivity index (χ2n) is 5.12. The van der Waals surface area contributed by atoms with Gasteiger partial charge in [-0.05, 0) is 43.5 Å². The molecule has 1 atom stereocenters. The van der Waals surface area contributed by atoms with Crippen LogP contribution in [0.2, 0.25) is 0 Å². The molecule has 19 heavy (non-hydrogen) atoms. The minimum Gasteiger partial charge on any atom is -0.399 e. The molecule has 0 aliphatic heterocycles. The van der Waals surface area contributed by atoms with Crippen molar-refractivity contribution in [1.82, 2.24) is 5.32 Å². The van der Waals surface area contributed by atoms with Crippen LogP contribution < -0.4 is 11.1 Å². The number of aryl methyl sites for hydroxylation is 1. The van der Waals surface area contributed by atoms with E-state index in [9.17, 15) is 4.79 Å². The van der Waals surface area contributed by atoms with Crippen LogP contribution in [0.5, 0.6) is 0 Å². The maximum absolute atomic E-state index is 12.2. The Morgan fingerprint density at radius 2 is 2.05 bits per heavy atom. The molecule has 0 aromatic heterocycles. The van der Waals surface area contributed by atoms with E-state index in [1.807, 2.05) is 26.0 Å². The molecule has 106 valence electrons. The van der Waals surface area contributed by atoms with Gasteiger partial charge in [0.1, 0.15) is 0 Å². The third kappa shape index (κ3) is 4.91. The fraction of sp³-hybridized carbons (Fsp3) is 0.533. The van der Waals surface area contributed by atoms with E-state index in [2.05, 4.69) is 19.2 Å². The summed E-state index contributed by atoms with van der Waals surface area (Å²) in [4.78, 5) is 12.2. The zero-order valence-electron chi connectivity index (χ0n) is 12.2. The summed E-state index contributed by atoms with van der Waals surface area (Å²) >= 11 is 0. The SMILES string of the molecule is CCOCC(NC(=O)c1cc(C)cc(N)c1)C(C)C. The third-order valence-electron chi connectivity index (χ3n) is 2.98. The normalized spacial score (nSPS) is 12.5. The summed E-state index contributed by atoms with van der Waals surface area (Å²) in [5.74, 6) is 0.214. The molecular formula is C15H24N2O2. The highest BCUT2D eigenvalue weighted by Crippen LogP contribution is 2.12. The lowest BCUT2D eigenvalue weighted by molar-refractivity contribution is 0.0806. The standard InChI is InChI=1S/C15H24N2O2/c1-5-19-9-14(10(2)3)17-15(18)12-6-11(4)7-13(16)8-12/h6-8,10,14H,5,9,16H2,1-4H3,(H,17,18). The van der Waals surface area contributed by atoms with Gasteiger partial charge in [0.15, 0.2) is 0 Å². The van der Waals surface area contributed by atoms with E-state index in [1.165, 1.54) is 0 Å². The predicted octanol–water partition coefficient (Wildman–Crippen LogP) is 2.37. The molecule has 0 fully saturated rings. The number of amides is 1. The number of benzene rings is 1. The van der Waals surface area contributed by atoms with Crippen LogP contribution in [0, 0.1) is 12.8 Å². The molecule has 4 nitrogen and oxygen atoms in total. The van der Waals surface area contributed by atoms with Gasteiger partial charge in [-0.15, -0.1) is 0 Å². The fourth-order valence-corrected chi connectivity index (χ4v) is 1.84. The summed E-state index contributed by atoms with van der Waals surface area (Å²) in [5, 5.41) is 3.00. The number of rotatable bonds is 6. The minimum atomic E-state index is -0.103. The number of anilines is 1. The van der Waals surface area contributed by atoms with Gasteiger partial charge in [0.25, 0.3) is 5.91 Å². The van der Waals surface area contributed by atoms with E-state index in [4.69, 9.17) is 10.5 Å². The van der Waals surface area contributed by atoms with Gasteiger partial charge in [0.2, 0.25) is 0 Å². The average molecular weight is 264 g/mol. The van der Waals surface area contributed by atoms with Crippen molar-refractivity contribution in [2.75, 3.05) is 18.9 Å². The second-order valence-corrected chi connectivity index (χ2v) is 5.12.